The third-order valence-corrected chi connectivity index (χ3v) is 6.83. The summed E-state index contributed by atoms with van der Waals surface area (Å²) in [6, 6.07) is 0. The molecule has 2 N–H and O–H groups in total. The van der Waals surface area contributed by atoms with Crippen molar-refractivity contribution < 1.29 is 39.2 Å². The summed E-state index contributed by atoms with van der Waals surface area (Å²) in [6.07, 6.45) is 3.35. The number of methoxy groups -OCH3 is 2. The number of benzene rings is 1. The van der Waals surface area contributed by atoms with Crippen molar-refractivity contribution in [2.45, 2.75) is 26.2 Å². The van der Waals surface area contributed by atoms with Gasteiger partial charge in [0.1, 0.15) is 35.7 Å². The number of aromatic hydroxyl groups is 2. The molecule has 0 unspecified atom stereocenters. The molecule has 0 saturated carbocycles. The van der Waals surface area contributed by atoms with E-state index in [-0.39, 0.29) is 22.6 Å². The molecule has 2 aromatic rings. The molecule has 0 radical (unpaired) electrons. The first-order valence-corrected chi connectivity index (χ1v) is 10.3. The fourth-order valence-electron chi connectivity index (χ4n) is 2.87. The zero-order chi connectivity index (χ0) is 21.7. The van der Waals surface area contributed by atoms with Gasteiger partial charge in [-0.3, -0.25) is 0 Å². The SMILES string of the molecule is CC(=O)[O-].COC(=O)c1c(C(=O)OC)c(O)c2sc(=[N+]3CCCCC3)sc2c1O. The first-order chi connectivity index (χ1) is 13.7. The van der Waals surface area contributed by atoms with Crippen LogP contribution in [0.5, 0.6) is 11.5 Å². The van der Waals surface area contributed by atoms with Crippen LogP contribution in [0, 0.1) is 0 Å². The molecule has 1 aliphatic heterocycles. The fraction of sp³-hybridized carbons (Fsp3) is 0.444. The van der Waals surface area contributed by atoms with Crippen molar-refractivity contribution in [3.8, 4) is 11.5 Å². The van der Waals surface area contributed by atoms with Crippen molar-refractivity contribution in [2.24, 2.45) is 0 Å². The average Bonchev–Trinajstić information content (AvgIpc) is 3.16. The van der Waals surface area contributed by atoms with E-state index in [1.54, 1.807) is 0 Å². The summed E-state index contributed by atoms with van der Waals surface area (Å²) in [4.78, 5) is 33.0. The van der Waals surface area contributed by atoms with Gasteiger partial charge in [-0.1, -0.05) is 22.7 Å². The number of ether oxygens (including phenoxy) is 2. The molecule has 29 heavy (non-hydrogen) atoms. The fourth-order valence-corrected chi connectivity index (χ4v) is 5.54. The summed E-state index contributed by atoms with van der Waals surface area (Å²) in [5.41, 5.74) is -0.753. The second-order valence-electron chi connectivity index (χ2n) is 6.10. The number of hydrogen-bond acceptors (Lipinski definition) is 10. The number of aliphatic carboxylic acids is 1. The van der Waals surface area contributed by atoms with Crippen molar-refractivity contribution in [3.63, 3.8) is 0 Å². The molecule has 0 spiro atoms. The third kappa shape index (κ3) is 4.85. The number of hydrogen-bond donors (Lipinski definition) is 2. The summed E-state index contributed by atoms with van der Waals surface area (Å²) in [5, 5.41) is 30.1. The van der Waals surface area contributed by atoms with Gasteiger partial charge in [-0.25, -0.2) is 14.2 Å². The average molecular weight is 443 g/mol. The van der Waals surface area contributed by atoms with Gasteiger partial charge in [0.25, 0.3) is 0 Å². The topological polar surface area (TPSA) is 136 Å². The minimum Gasteiger partial charge on any atom is -0.550 e. The lowest BCUT2D eigenvalue weighted by Gasteiger charge is -2.11. The second kappa shape index (κ2) is 9.70. The number of carbonyl (C=O) groups is 3. The van der Waals surface area contributed by atoms with Gasteiger partial charge in [0.05, 0.1) is 23.6 Å². The monoisotopic (exact) mass is 443 g/mol. The number of esters is 2. The summed E-state index contributed by atoms with van der Waals surface area (Å²) >= 11 is 2.58. The Morgan fingerprint density at radius 3 is 1.62 bits per heavy atom. The van der Waals surface area contributed by atoms with Crippen LogP contribution < -0.4 is 13.7 Å². The van der Waals surface area contributed by atoms with Gasteiger partial charge < -0.3 is 29.6 Å². The van der Waals surface area contributed by atoms with Gasteiger partial charge in [0, 0.05) is 18.8 Å². The number of nitrogens with zero attached hydrogens (tertiary/aromatic N) is 1. The molecule has 0 amide bonds. The maximum Gasteiger partial charge on any atom is 0.342 e. The quantitative estimate of drug-likeness (QED) is 0.392. The molecule has 1 aliphatic rings. The van der Waals surface area contributed by atoms with Crippen LogP contribution in [0.15, 0.2) is 0 Å². The minimum atomic E-state index is -1.08. The molecule has 3 rings (SSSR count). The van der Waals surface area contributed by atoms with Crippen LogP contribution in [0.1, 0.15) is 46.9 Å². The minimum absolute atomic E-state index is 0.358. The van der Waals surface area contributed by atoms with Crippen molar-refractivity contribution in [1.29, 1.82) is 0 Å². The Morgan fingerprint density at radius 1 is 0.897 bits per heavy atom. The maximum absolute atomic E-state index is 12.1. The molecule has 2 heterocycles. The van der Waals surface area contributed by atoms with Crippen molar-refractivity contribution in [3.05, 3.63) is 15.1 Å². The number of phenolic OH excluding ortho intramolecular Hbond substituents is 2. The lowest BCUT2D eigenvalue weighted by molar-refractivity contribution is -0.302. The van der Waals surface area contributed by atoms with Gasteiger partial charge in [-0.05, 0) is 13.3 Å². The van der Waals surface area contributed by atoms with E-state index in [0.717, 1.165) is 51.1 Å². The smallest absolute Gasteiger partial charge is 0.342 e. The standard InChI is InChI=1S/C16H17NO6S2.C2H4O2/c1-22-14(20)8-9(15(21)23-2)11(19)13-12(10(8)18)24-16(25-13)17-6-4-3-5-7-17;1-2(3)4/h3-7H2,1-2H3,(H-,18,19,20,21);1H3,(H,3,4). The predicted octanol–water partition coefficient (Wildman–Crippen LogP) is 0.659. The highest BCUT2D eigenvalue weighted by atomic mass is 32.2. The van der Waals surface area contributed by atoms with Crippen molar-refractivity contribution >= 4 is 50.0 Å². The molecule has 1 aromatic heterocycles. The molecular formula is C18H21NO8S2. The van der Waals surface area contributed by atoms with Crippen LogP contribution in [-0.2, 0) is 14.3 Å². The molecule has 1 saturated heterocycles. The van der Waals surface area contributed by atoms with Gasteiger partial charge >= 0.3 is 15.9 Å². The van der Waals surface area contributed by atoms with Crippen LogP contribution in [-0.4, -0.2) is 55.4 Å². The Balaban J connectivity index is 0.000000687. The van der Waals surface area contributed by atoms with Gasteiger partial charge in [-0.2, -0.15) is 0 Å². The highest BCUT2D eigenvalue weighted by Gasteiger charge is 2.32. The Labute approximate surface area is 174 Å². The Hall–Kier alpha value is -2.66. The highest BCUT2D eigenvalue weighted by molar-refractivity contribution is 7.36. The van der Waals surface area contributed by atoms with Gasteiger partial charge in [0.15, 0.2) is 0 Å². The number of carbonyl (C=O) groups excluding carboxylic acids is 3. The van der Waals surface area contributed by atoms with E-state index >= 15 is 0 Å². The summed E-state index contributed by atoms with van der Waals surface area (Å²) in [5.74, 6) is -3.64. The number of carboxylic acid groups (broad SMARTS) is 1. The van der Waals surface area contributed by atoms with E-state index in [1.165, 1.54) is 29.1 Å². The number of piperidine rings is 1. The number of phenols is 2. The first-order valence-electron chi connectivity index (χ1n) is 8.66. The molecule has 1 fully saturated rings. The van der Waals surface area contributed by atoms with Crippen LogP contribution in [0.25, 0.3) is 9.40 Å². The van der Waals surface area contributed by atoms with Crippen LogP contribution in [0.2, 0.25) is 0 Å². The van der Waals surface area contributed by atoms with E-state index < -0.39 is 17.9 Å². The summed E-state index contributed by atoms with van der Waals surface area (Å²) < 4.78 is 13.1. The molecule has 0 atom stereocenters. The number of carboxylic acids is 1. The molecular weight excluding hydrogens is 422 g/mol. The largest absolute Gasteiger partial charge is 0.550 e. The second-order valence-corrected chi connectivity index (χ2v) is 8.35. The lowest BCUT2D eigenvalue weighted by Crippen LogP contribution is -2.31. The zero-order valence-electron chi connectivity index (χ0n) is 16.1. The van der Waals surface area contributed by atoms with Crippen LogP contribution in [0.4, 0.5) is 0 Å². The molecule has 1 aromatic carbocycles. The zero-order valence-corrected chi connectivity index (χ0v) is 17.8. The first kappa shape index (κ1) is 22.6. The maximum atomic E-state index is 12.1. The highest BCUT2D eigenvalue weighted by Crippen LogP contribution is 2.43. The molecule has 9 nitrogen and oxygen atoms in total. The van der Waals surface area contributed by atoms with E-state index in [1.807, 2.05) is 0 Å². The Morgan fingerprint density at radius 2 is 1.28 bits per heavy atom. The summed E-state index contributed by atoms with van der Waals surface area (Å²) in [7, 11) is 2.28. The van der Waals surface area contributed by atoms with E-state index in [9.17, 15) is 19.8 Å². The van der Waals surface area contributed by atoms with E-state index in [0.29, 0.717) is 9.40 Å². The molecule has 0 aliphatic carbocycles. The van der Waals surface area contributed by atoms with Crippen molar-refractivity contribution in [1.82, 2.24) is 4.58 Å². The third-order valence-electron chi connectivity index (χ3n) is 4.13. The van der Waals surface area contributed by atoms with Gasteiger partial charge in [-0.15, -0.1) is 0 Å². The Kier molecular flexibility index (Phi) is 7.57. The molecule has 158 valence electrons. The van der Waals surface area contributed by atoms with E-state index in [2.05, 4.69) is 14.0 Å². The Bertz CT molecular complexity index is 947. The van der Waals surface area contributed by atoms with Crippen LogP contribution >= 0.6 is 22.7 Å². The lowest BCUT2D eigenvalue weighted by atomic mass is 10.0. The van der Waals surface area contributed by atoms with Crippen molar-refractivity contribution in [2.75, 3.05) is 27.3 Å². The normalized spacial score (nSPS) is 13.4. The number of fused-ring (bicyclic) bond motifs is 1. The van der Waals surface area contributed by atoms with E-state index in [4.69, 9.17) is 9.90 Å². The summed E-state index contributed by atoms with van der Waals surface area (Å²) in [6.45, 7) is 2.77. The van der Waals surface area contributed by atoms with Crippen LogP contribution in [0.3, 0.4) is 0 Å². The van der Waals surface area contributed by atoms with Gasteiger partial charge in [0.2, 0.25) is 0 Å². The molecule has 0 bridgehead atoms. The number of rotatable bonds is 2. The predicted molar refractivity (Wildman–Crippen MR) is 105 cm³/mol. The molecule has 11 heteroatoms.